The fourth-order valence-corrected chi connectivity index (χ4v) is 5.16. The maximum Gasteiger partial charge on any atom is 0.0739 e. The standard InChI is InChI=1S/2C15H15N.CH3Cl/c1-10-5-6-12-7-8-13-4-3-9-16-15(13)14(10)11(12)2;1-2-11-5-3-6-12-8-9-13-7-4-10-16-15(13)14(11)12;1-2/h5-9H,3-4H2,1-2H3;3-7,10H,2,8-9H2,1H3;1H3. The number of aromatic nitrogens is 1. The topological polar surface area (TPSA) is 25.2 Å². The van der Waals surface area contributed by atoms with Gasteiger partial charge >= 0.3 is 0 Å². The fraction of sp³-hybridized carbons (Fsp3) is 0.290. The minimum Gasteiger partial charge on any atom is -0.260 e. The van der Waals surface area contributed by atoms with Gasteiger partial charge in [-0.2, -0.15) is 0 Å². The SMILES string of the molecule is CCc1cccc2c1-c1ncccc1CC2.CCl.Cc1ccc2c(C)c1C1=C(C=C2)CCC=N1. The van der Waals surface area contributed by atoms with Gasteiger partial charge in [-0.3, -0.25) is 9.98 Å². The number of nitrogens with zero attached hydrogens (tertiary/aromatic N) is 2. The molecule has 2 aromatic carbocycles. The van der Waals surface area contributed by atoms with Crippen molar-refractivity contribution in [3.8, 4) is 11.3 Å². The number of aryl methyl sites for hydroxylation is 4. The first-order valence-electron chi connectivity index (χ1n) is 12.1. The Balaban J connectivity index is 0.000000150. The summed E-state index contributed by atoms with van der Waals surface area (Å²) in [6, 6.07) is 15.3. The minimum absolute atomic E-state index is 1.07. The van der Waals surface area contributed by atoms with Gasteiger partial charge in [-0.15, -0.1) is 11.6 Å². The first-order valence-corrected chi connectivity index (χ1v) is 12.9. The van der Waals surface area contributed by atoms with E-state index in [1.807, 2.05) is 18.5 Å². The Hall–Kier alpha value is -2.97. The van der Waals surface area contributed by atoms with Gasteiger partial charge in [0.1, 0.15) is 0 Å². The Kier molecular flexibility index (Phi) is 7.80. The van der Waals surface area contributed by atoms with Crippen molar-refractivity contribution < 1.29 is 0 Å². The highest BCUT2D eigenvalue weighted by Crippen LogP contribution is 2.36. The number of allylic oxidation sites excluding steroid dienone is 2. The molecule has 2 aliphatic carbocycles. The summed E-state index contributed by atoms with van der Waals surface area (Å²) in [5.74, 6) is 0. The number of pyridine rings is 1. The molecule has 2 heterocycles. The molecule has 0 saturated carbocycles. The molecule has 0 amide bonds. The van der Waals surface area contributed by atoms with Gasteiger partial charge in [0.2, 0.25) is 0 Å². The van der Waals surface area contributed by atoms with Crippen molar-refractivity contribution in [3.05, 3.63) is 99.3 Å². The lowest BCUT2D eigenvalue weighted by Gasteiger charge is -2.21. The van der Waals surface area contributed by atoms with Crippen molar-refractivity contribution in [2.24, 2.45) is 4.99 Å². The van der Waals surface area contributed by atoms with Gasteiger partial charge in [-0.25, -0.2) is 0 Å². The molecule has 0 spiro atoms. The van der Waals surface area contributed by atoms with Gasteiger partial charge in [0.15, 0.2) is 0 Å². The van der Waals surface area contributed by atoms with Gasteiger partial charge in [0.05, 0.1) is 11.4 Å². The summed E-state index contributed by atoms with van der Waals surface area (Å²) in [5, 5.41) is 0. The monoisotopic (exact) mass is 468 g/mol. The first kappa shape index (κ1) is 24.2. The molecule has 0 saturated heterocycles. The maximum absolute atomic E-state index is 4.64. The zero-order valence-electron chi connectivity index (χ0n) is 20.7. The number of hydrogen-bond donors (Lipinski definition) is 0. The number of aliphatic imine (C=N–C) groups is 1. The molecule has 3 aliphatic rings. The van der Waals surface area contributed by atoms with Crippen molar-refractivity contribution in [1.29, 1.82) is 0 Å². The van der Waals surface area contributed by atoms with Crippen molar-refractivity contribution in [3.63, 3.8) is 0 Å². The minimum atomic E-state index is 1.07. The molecule has 0 fully saturated rings. The Bertz CT molecular complexity index is 1270. The number of benzene rings is 2. The average Bonchev–Trinajstić information content (AvgIpc) is 2.98. The summed E-state index contributed by atoms with van der Waals surface area (Å²) < 4.78 is 0. The van der Waals surface area contributed by atoms with E-state index in [4.69, 9.17) is 0 Å². The third kappa shape index (κ3) is 4.65. The molecule has 0 radical (unpaired) electrons. The summed E-state index contributed by atoms with van der Waals surface area (Å²) in [4.78, 5) is 9.18. The molecule has 3 heteroatoms. The van der Waals surface area contributed by atoms with Crippen LogP contribution in [0.15, 0.2) is 65.3 Å². The van der Waals surface area contributed by atoms with E-state index in [1.54, 1.807) is 0 Å². The molecule has 0 N–H and O–H groups in total. The second-order valence-corrected chi connectivity index (χ2v) is 8.85. The summed E-state index contributed by atoms with van der Waals surface area (Å²) in [6.07, 6.45) is 15.4. The highest BCUT2D eigenvalue weighted by atomic mass is 35.5. The van der Waals surface area contributed by atoms with Crippen LogP contribution in [0.5, 0.6) is 0 Å². The van der Waals surface area contributed by atoms with Gasteiger partial charge < -0.3 is 0 Å². The van der Waals surface area contributed by atoms with Crippen LogP contribution < -0.4 is 0 Å². The number of halogens is 1. The van der Waals surface area contributed by atoms with Gasteiger partial charge in [0.25, 0.3) is 0 Å². The van der Waals surface area contributed by atoms with E-state index in [0.29, 0.717) is 0 Å². The van der Waals surface area contributed by atoms with Crippen LogP contribution in [0.2, 0.25) is 0 Å². The third-order valence-corrected chi connectivity index (χ3v) is 6.89. The van der Waals surface area contributed by atoms with E-state index >= 15 is 0 Å². The first-order chi connectivity index (χ1) is 16.7. The molecule has 2 nitrogen and oxygen atoms in total. The Morgan fingerprint density at radius 3 is 2.47 bits per heavy atom. The van der Waals surface area contributed by atoms with Crippen molar-refractivity contribution in [1.82, 2.24) is 4.98 Å². The summed E-state index contributed by atoms with van der Waals surface area (Å²) >= 11 is 4.64. The van der Waals surface area contributed by atoms with E-state index in [9.17, 15) is 0 Å². The molecular weight excluding hydrogens is 436 g/mol. The summed E-state index contributed by atoms with van der Waals surface area (Å²) in [5.41, 5.74) is 14.8. The zero-order chi connectivity index (χ0) is 24.1. The van der Waals surface area contributed by atoms with Crippen LogP contribution in [0.3, 0.4) is 0 Å². The molecule has 0 unspecified atom stereocenters. The normalized spacial score (nSPS) is 14.5. The van der Waals surface area contributed by atoms with Crippen LogP contribution in [-0.4, -0.2) is 17.6 Å². The van der Waals surface area contributed by atoms with Crippen LogP contribution in [0.1, 0.15) is 58.7 Å². The lowest BCUT2D eigenvalue weighted by molar-refractivity contribution is 0.918. The highest BCUT2D eigenvalue weighted by Gasteiger charge is 2.19. The molecule has 1 aliphatic heterocycles. The van der Waals surface area contributed by atoms with Crippen LogP contribution in [0, 0.1) is 13.8 Å². The lowest BCUT2D eigenvalue weighted by atomic mass is 9.85. The van der Waals surface area contributed by atoms with E-state index < -0.39 is 0 Å². The van der Waals surface area contributed by atoms with Crippen LogP contribution >= 0.6 is 11.6 Å². The maximum atomic E-state index is 4.64. The molecule has 174 valence electrons. The Labute approximate surface area is 209 Å². The third-order valence-electron chi connectivity index (χ3n) is 6.89. The van der Waals surface area contributed by atoms with Crippen LogP contribution in [0.4, 0.5) is 0 Å². The van der Waals surface area contributed by atoms with E-state index in [1.165, 1.54) is 67.9 Å². The summed E-state index contributed by atoms with van der Waals surface area (Å²) in [6.45, 7) is 6.58. The molecule has 0 atom stereocenters. The van der Waals surface area contributed by atoms with E-state index in [2.05, 4.69) is 90.9 Å². The Morgan fingerprint density at radius 1 is 0.853 bits per heavy atom. The van der Waals surface area contributed by atoms with Crippen molar-refractivity contribution >= 4 is 29.6 Å². The predicted molar refractivity (Wildman–Crippen MR) is 148 cm³/mol. The van der Waals surface area contributed by atoms with Gasteiger partial charge in [-0.1, -0.05) is 55.5 Å². The number of rotatable bonds is 1. The smallest absolute Gasteiger partial charge is 0.0739 e. The van der Waals surface area contributed by atoms with E-state index in [0.717, 1.165) is 32.1 Å². The lowest BCUT2D eigenvalue weighted by Crippen LogP contribution is -2.07. The highest BCUT2D eigenvalue weighted by molar-refractivity contribution is 6.15. The fourth-order valence-electron chi connectivity index (χ4n) is 5.16. The second-order valence-electron chi connectivity index (χ2n) is 8.85. The van der Waals surface area contributed by atoms with Gasteiger partial charge in [0, 0.05) is 29.9 Å². The molecule has 2 bridgehead atoms. The average molecular weight is 469 g/mol. The molecule has 34 heavy (non-hydrogen) atoms. The quantitative estimate of drug-likeness (QED) is 0.330. The van der Waals surface area contributed by atoms with E-state index in [-0.39, 0.29) is 0 Å². The molecule has 6 rings (SSSR count). The molecule has 3 aromatic rings. The van der Waals surface area contributed by atoms with Gasteiger partial charge in [-0.05, 0) is 91.0 Å². The van der Waals surface area contributed by atoms with Crippen molar-refractivity contribution in [2.75, 3.05) is 6.38 Å². The predicted octanol–water partition coefficient (Wildman–Crippen LogP) is 8.17. The number of alkyl halides is 1. The number of fused-ring (bicyclic) bond motifs is 6. The second kappa shape index (κ2) is 11.0. The molecule has 1 aromatic heterocycles. The summed E-state index contributed by atoms with van der Waals surface area (Å²) in [7, 11) is 0. The van der Waals surface area contributed by atoms with Crippen LogP contribution in [0.25, 0.3) is 23.0 Å². The van der Waals surface area contributed by atoms with Crippen molar-refractivity contribution in [2.45, 2.75) is 52.9 Å². The molecular formula is C31H33ClN2. The Morgan fingerprint density at radius 2 is 1.65 bits per heavy atom. The largest absolute Gasteiger partial charge is 0.260 e. The van der Waals surface area contributed by atoms with Crippen LogP contribution in [-0.2, 0) is 19.3 Å². The number of hydrogen-bond acceptors (Lipinski definition) is 2. The zero-order valence-corrected chi connectivity index (χ0v) is 21.4.